The van der Waals surface area contributed by atoms with Gasteiger partial charge in [0.05, 0.1) is 12.2 Å². The average molecular weight is 467 g/mol. The Labute approximate surface area is 199 Å². The number of carbonyl (C=O) groups is 1. The van der Waals surface area contributed by atoms with Gasteiger partial charge in [-0.25, -0.2) is 14.4 Å². The molecule has 4 aliphatic carbocycles. The lowest BCUT2D eigenvalue weighted by atomic mass is 9.49. The van der Waals surface area contributed by atoms with Crippen LogP contribution in [0.3, 0.4) is 0 Å². The third kappa shape index (κ3) is 4.36. The van der Waals surface area contributed by atoms with Gasteiger partial charge in [0.25, 0.3) is 5.24 Å². The number of carbonyl (C=O) groups excluding carboxylic acids is 1. The van der Waals surface area contributed by atoms with Crippen LogP contribution in [0.2, 0.25) is 0 Å². The van der Waals surface area contributed by atoms with Crippen LogP contribution in [0.5, 0.6) is 0 Å². The van der Waals surface area contributed by atoms with Crippen LogP contribution in [0.1, 0.15) is 55.3 Å². The molecule has 2 aromatic rings. The number of halogens is 1. The maximum absolute atomic E-state index is 13.1. The first kappa shape index (κ1) is 21.4. The third-order valence-corrected chi connectivity index (χ3v) is 9.32. The molecule has 0 atom stereocenters. The van der Waals surface area contributed by atoms with Gasteiger partial charge in [0.1, 0.15) is 18.0 Å². The van der Waals surface area contributed by atoms with Crippen LogP contribution in [-0.2, 0) is 18.7 Å². The van der Waals surface area contributed by atoms with Gasteiger partial charge in [-0.05, 0) is 85.8 Å². The number of hydrogen-bond acceptors (Lipinski definition) is 5. The molecule has 0 radical (unpaired) electrons. The fraction of sp³-hybridized carbons (Fsp3) is 0.577. The van der Waals surface area contributed by atoms with Crippen LogP contribution < -0.4 is 5.32 Å². The van der Waals surface area contributed by atoms with Crippen LogP contribution >= 0.6 is 11.8 Å². The highest BCUT2D eigenvalue weighted by Crippen LogP contribution is 2.59. The third-order valence-electron chi connectivity index (χ3n) is 8.34. The van der Waals surface area contributed by atoms with Crippen molar-refractivity contribution in [2.24, 2.45) is 23.2 Å². The lowest BCUT2D eigenvalue weighted by Gasteiger charge is -2.57. The van der Waals surface area contributed by atoms with Crippen molar-refractivity contribution in [3.63, 3.8) is 0 Å². The summed E-state index contributed by atoms with van der Waals surface area (Å²) in [6.07, 6.45) is 11.0. The number of anilines is 1. The Morgan fingerprint density at radius 2 is 1.79 bits per heavy atom. The first-order chi connectivity index (χ1) is 16.1. The molecule has 1 aliphatic heterocycles. The van der Waals surface area contributed by atoms with Crippen molar-refractivity contribution in [1.29, 1.82) is 0 Å². The van der Waals surface area contributed by atoms with Gasteiger partial charge in [0.15, 0.2) is 0 Å². The molecule has 174 valence electrons. The average Bonchev–Trinajstić information content (AvgIpc) is 2.81. The second-order valence-corrected chi connectivity index (χ2v) is 11.7. The summed E-state index contributed by atoms with van der Waals surface area (Å²) in [5.74, 6) is 4.11. The quantitative estimate of drug-likeness (QED) is 0.617. The van der Waals surface area contributed by atoms with Crippen molar-refractivity contribution in [3.05, 3.63) is 53.2 Å². The monoisotopic (exact) mass is 466 g/mol. The lowest BCUT2D eigenvalue weighted by molar-refractivity contribution is -0.0444. The van der Waals surface area contributed by atoms with E-state index in [9.17, 15) is 9.18 Å². The summed E-state index contributed by atoms with van der Waals surface area (Å²) in [6, 6.07) is 6.34. The predicted octanol–water partition coefficient (Wildman–Crippen LogP) is 5.66. The highest BCUT2D eigenvalue weighted by molar-refractivity contribution is 8.12. The molecule has 4 bridgehead atoms. The van der Waals surface area contributed by atoms with Crippen molar-refractivity contribution in [2.45, 2.75) is 57.2 Å². The molecule has 4 fully saturated rings. The molecule has 5 nitrogen and oxygen atoms in total. The van der Waals surface area contributed by atoms with Gasteiger partial charge in [0.2, 0.25) is 0 Å². The number of thioether (sulfide) groups is 1. The Balaban J connectivity index is 1.08. The molecule has 33 heavy (non-hydrogen) atoms. The Morgan fingerprint density at radius 3 is 2.48 bits per heavy atom. The molecule has 5 aliphatic rings. The fourth-order valence-corrected chi connectivity index (χ4v) is 8.08. The van der Waals surface area contributed by atoms with Crippen molar-refractivity contribution < 1.29 is 9.18 Å². The van der Waals surface area contributed by atoms with Gasteiger partial charge >= 0.3 is 0 Å². The number of benzene rings is 1. The second kappa shape index (κ2) is 8.57. The summed E-state index contributed by atoms with van der Waals surface area (Å²) >= 11 is 1.27. The van der Waals surface area contributed by atoms with Crippen molar-refractivity contribution in [1.82, 2.24) is 14.9 Å². The minimum absolute atomic E-state index is 0.0478. The van der Waals surface area contributed by atoms with E-state index in [1.165, 1.54) is 68.0 Å². The Morgan fingerprint density at radius 1 is 1.09 bits per heavy atom. The van der Waals surface area contributed by atoms with Crippen molar-refractivity contribution in [3.8, 4) is 0 Å². The van der Waals surface area contributed by atoms with E-state index in [4.69, 9.17) is 0 Å². The van der Waals surface area contributed by atoms with Gasteiger partial charge in [-0.15, -0.1) is 0 Å². The van der Waals surface area contributed by atoms with E-state index in [1.54, 1.807) is 18.5 Å². The molecular weight excluding hydrogens is 435 g/mol. The van der Waals surface area contributed by atoms with E-state index < -0.39 is 0 Å². The van der Waals surface area contributed by atoms with E-state index in [0.29, 0.717) is 24.3 Å². The maximum atomic E-state index is 13.1. The molecule has 0 saturated heterocycles. The van der Waals surface area contributed by atoms with E-state index in [0.717, 1.165) is 47.8 Å². The first-order valence-corrected chi connectivity index (χ1v) is 13.3. The fourth-order valence-electron chi connectivity index (χ4n) is 7.26. The molecular formula is C26H31FN4OS. The number of nitrogens with zero attached hydrogens (tertiary/aromatic N) is 3. The SMILES string of the molecule is O=C(SCc1ccc(F)cc1)N1CCc2c(ncnc2NCC23CC4CC(CC(C4)C2)C3)C1. The number of hydrogen-bond donors (Lipinski definition) is 1. The van der Waals surface area contributed by atoms with Crippen LogP contribution in [0.15, 0.2) is 30.6 Å². The summed E-state index contributed by atoms with van der Waals surface area (Å²) in [5.41, 5.74) is 3.54. The topological polar surface area (TPSA) is 58.1 Å². The summed E-state index contributed by atoms with van der Waals surface area (Å²) in [6.45, 7) is 2.23. The van der Waals surface area contributed by atoms with E-state index in [2.05, 4.69) is 15.3 Å². The Bertz CT molecular complexity index is 1010. The second-order valence-electron chi connectivity index (χ2n) is 10.8. The van der Waals surface area contributed by atoms with Gasteiger partial charge in [-0.2, -0.15) is 0 Å². The molecule has 1 N–H and O–H groups in total. The number of amides is 1. The minimum atomic E-state index is -0.255. The normalized spacial score (nSPS) is 29.7. The standard InChI is InChI=1S/C26H31FN4OS/c27-21-3-1-17(2-4-21)14-33-25(32)31-6-5-22-23(13-31)29-16-30-24(22)28-15-26-10-18-7-19(11-26)9-20(8-18)12-26/h1-4,16,18-20H,5-15H2,(H,28,29,30). The maximum Gasteiger partial charge on any atom is 0.282 e. The number of nitrogens with one attached hydrogen (secondary N) is 1. The van der Waals surface area contributed by atoms with Crippen LogP contribution in [0.4, 0.5) is 15.0 Å². The number of aromatic nitrogens is 2. The van der Waals surface area contributed by atoms with Crippen LogP contribution in [0, 0.1) is 29.0 Å². The van der Waals surface area contributed by atoms with Crippen LogP contribution in [-0.4, -0.2) is 33.2 Å². The van der Waals surface area contributed by atoms with Gasteiger partial charge < -0.3 is 10.2 Å². The Kier molecular flexibility index (Phi) is 5.55. The van der Waals surface area contributed by atoms with Crippen molar-refractivity contribution in [2.75, 3.05) is 18.4 Å². The lowest BCUT2D eigenvalue weighted by Crippen LogP contribution is -2.49. The minimum Gasteiger partial charge on any atom is -0.369 e. The summed E-state index contributed by atoms with van der Waals surface area (Å²) < 4.78 is 13.1. The molecule has 4 saturated carbocycles. The van der Waals surface area contributed by atoms with Gasteiger partial charge in [0, 0.05) is 24.4 Å². The smallest absolute Gasteiger partial charge is 0.282 e. The Hall–Kier alpha value is -2.15. The summed E-state index contributed by atoms with van der Waals surface area (Å²) in [5, 5.41) is 3.78. The molecule has 2 heterocycles. The van der Waals surface area contributed by atoms with E-state index in [1.807, 2.05) is 4.90 Å². The number of fused-ring (bicyclic) bond motifs is 1. The highest BCUT2D eigenvalue weighted by Gasteiger charge is 2.50. The molecule has 1 amide bonds. The van der Waals surface area contributed by atoms with Gasteiger partial charge in [-0.1, -0.05) is 23.9 Å². The molecule has 0 spiro atoms. The zero-order chi connectivity index (χ0) is 22.4. The van der Waals surface area contributed by atoms with Gasteiger partial charge in [-0.3, -0.25) is 4.79 Å². The first-order valence-electron chi connectivity index (χ1n) is 12.3. The largest absolute Gasteiger partial charge is 0.369 e. The van der Waals surface area contributed by atoms with E-state index >= 15 is 0 Å². The molecule has 7 heteroatoms. The molecule has 1 aromatic heterocycles. The predicted molar refractivity (Wildman–Crippen MR) is 128 cm³/mol. The molecule has 1 aromatic carbocycles. The summed E-state index contributed by atoms with van der Waals surface area (Å²) in [7, 11) is 0. The van der Waals surface area contributed by atoms with Crippen LogP contribution in [0.25, 0.3) is 0 Å². The van der Waals surface area contributed by atoms with E-state index in [-0.39, 0.29) is 11.1 Å². The molecule has 7 rings (SSSR count). The zero-order valence-corrected chi connectivity index (χ0v) is 19.7. The summed E-state index contributed by atoms with van der Waals surface area (Å²) in [4.78, 5) is 23.8. The molecule has 0 unspecified atom stereocenters. The van der Waals surface area contributed by atoms with Crippen molar-refractivity contribution >= 4 is 22.8 Å². The highest BCUT2D eigenvalue weighted by atomic mass is 32.2. The number of rotatable bonds is 5. The zero-order valence-electron chi connectivity index (χ0n) is 18.9.